The topological polar surface area (TPSA) is 56.3 Å². The standard InChI is InChI=1S/C28H28BrFN4O/c1-2-25-17-33(16-15-19-3-11-23(31)12-4-19)28(35-25)26-18-34(24-13-7-21(29)8-14-24)32-27(26)20-5-9-22(30)10-6-20/h3-14,18,25,28H,2,15-17,31H2,1H3/t25-,28-/m1/s1. The molecule has 0 spiro atoms. The minimum Gasteiger partial charge on any atom is -0.399 e. The second kappa shape index (κ2) is 10.3. The monoisotopic (exact) mass is 534 g/mol. The second-order valence-electron chi connectivity index (χ2n) is 8.87. The molecule has 2 heterocycles. The Balaban J connectivity index is 1.50. The van der Waals surface area contributed by atoms with Crippen LogP contribution in [0, 0.1) is 5.82 Å². The zero-order chi connectivity index (χ0) is 24.4. The summed E-state index contributed by atoms with van der Waals surface area (Å²) in [6, 6.07) is 22.5. The van der Waals surface area contributed by atoms with Crippen LogP contribution in [0.4, 0.5) is 10.1 Å². The number of hydrogen-bond acceptors (Lipinski definition) is 4. The molecule has 1 aliphatic heterocycles. The van der Waals surface area contributed by atoms with E-state index in [1.54, 1.807) is 12.1 Å². The quantitative estimate of drug-likeness (QED) is 0.279. The highest BCUT2D eigenvalue weighted by molar-refractivity contribution is 9.10. The van der Waals surface area contributed by atoms with E-state index in [2.05, 4.69) is 39.9 Å². The first kappa shape index (κ1) is 23.7. The first-order valence-electron chi connectivity index (χ1n) is 11.9. The third-order valence-electron chi connectivity index (χ3n) is 6.43. The van der Waals surface area contributed by atoms with E-state index in [9.17, 15) is 4.39 Å². The molecule has 4 aromatic rings. The van der Waals surface area contributed by atoms with Gasteiger partial charge in [-0.05, 0) is 79.1 Å². The van der Waals surface area contributed by atoms with Gasteiger partial charge in [-0.1, -0.05) is 35.0 Å². The van der Waals surface area contributed by atoms with Crippen LogP contribution in [-0.4, -0.2) is 33.9 Å². The van der Waals surface area contributed by atoms with Gasteiger partial charge in [0.2, 0.25) is 0 Å². The van der Waals surface area contributed by atoms with Crippen LogP contribution in [0.3, 0.4) is 0 Å². The van der Waals surface area contributed by atoms with Crippen LogP contribution >= 0.6 is 15.9 Å². The number of ether oxygens (including phenoxy) is 1. The maximum absolute atomic E-state index is 13.7. The third-order valence-corrected chi connectivity index (χ3v) is 6.96. The van der Waals surface area contributed by atoms with Gasteiger partial charge in [-0.15, -0.1) is 0 Å². The normalized spacial score (nSPS) is 18.3. The minimum atomic E-state index is -0.268. The molecule has 1 aromatic heterocycles. The van der Waals surface area contributed by atoms with E-state index in [1.165, 1.54) is 17.7 Å². The molecule has 5 rings (SSSR count). The molecular weight excluding hydrogens is 507 g/mol. The molecule has 180 valence electrons. The smallest absolute Gasteiger partial charge is 0.141 e. The Morgan fingerprint density at radius 3 is 2.43 bits per heavy atom. The van der Waals surface area contributed by atoms with Crippen molar-refractivity contribution in [3.05, 3.63) is 100 Å². The lowest BCUT2D eigenvalue weighted by molar-refractivity contribution is -0.00177. The van der Waals surface area contributed by atoms with Crippen LogP contribution in [0.15, 0.2) is 83.5 Å². The Hall–Kier alpha value is -3.00. The second-order valence-corrected chi connectivity index (χ2v) is 9.78. The van der Waals surface area contributed by atoms with Gasteiger partial charge in [-0.25, -0.2) is 9.07 Å². The summed E-state index contributed by atoms with van der Waals surface area (Å²) in [7, 11) is 0. The zero-order valence-electron chi connectivity index (χ0n) is 19.6. The molecule has 2 N–H and O–H groups in total. The number of benzene rings is 3. The molecule has 35 heavy (non-hydrogen) atoms. The molecule has 0 aliphatic carbocycles. The van der Waals surface area contributed by atoms with Crippen molar-refractivity contribution in [2.75, 3.05) is 18.8 Å². The lowest BCUT2D eigenvalue weighted by atomic mass is 10.1. The average molecular weight is 535 g/mol. The van der Waals surface area contributed by atoms with Crippen molar-refractivity contribution in [3.8, 4) is 16.9 Å². The van der Waals surface area contributed by atoms with Gasteiger partial charge in [0.15, 0.2) is 0 Å². The summed E-state index contributed by atoms with van der Waals surface area (Å²) in [4.78, 5) is 2.38. The predicted octanol–water partition coefficient (Wildman–Crippen LogP) is 6.38. The molecule has 7 heteroatoms. The molecule has 1 saturated heterocycles. The van der Waals surface area contributed by atoms with Gasteiger partial charge in [0.25, 0.3) is 0 Å². The van der Waals surface area contributed by atoms with Gasteiger partial charge in [-0.2, -0.15) is 5.10 Å². The van der Waals surface area contributed by atoms with E-state index < -0.39 is 0 Å². The molecule has 0 radical (unpaired) electrons. The lowest BCUT2D eigenvalue weighted by Crippen LogP contribution is -2.27. The van der Waals surface area contributed by atoms with Crippen LogP contribution in [0.1, 0.15) is 30.7 Å². The molecule has 3 aromatic carbocycles. The number of anilines is 1. The number of nitrogen functional groups attached to an aromatic ring is 1. The highest BCUT2D eigenvalue weighted by Crippen LogP contribution is 2.37. The molecule has 0 saturated carbocycles. The van der Waals surface area contributed by atoms with Gasteiger partial charge >= 0.3 is 0 Å². The van der Waals surface area contributed by atoms with Gasteiger partial charge in [0.05, 0.1) is 17.5 Å². The number of aromatic nitrogens is 2. The number of nitrogens with zero attached hydrogens (tertiary/aromatic N) is 3. The molecule has 2 atom stereocenters. The highest BCUT2D eigenvalue weighted by atomic mass is 79.9. The van der Waals surface area contributed by atoms with Crippen molar-refractivity contribution < 1.29 is 9.13 Å². The summed E-state index contributed by atoms with van der Waals surface area (Å²) in [6.45, 7) is 3.84. The summed E-state index contributed by atoms with van der Waals surface area (Å²) >= 11 is 3.50. The van der Waals surface area contributed by atoms with E-state index in [1.807, 2.05) is 47.3 Å². The van der Waals surface area contributed by atoms with Gasteiger partial charge in [0, 0.05) is 40.6 Å². The fraction of sp³-hybridized carbons (Fsp3) is 0.250. The minimum absolute atomic E-state index is 0.142. The summed E-state index contributed by atoms with van der Waals surface area (Å²) in [5.41, 5.74) is 11.4. The maximum Gasteiger partial charge on any atom is 0.141 e. The van der Waals surface area contributed by atoms with E-state index >= 15 is 0 Å². The first-order chi connectivity index (χ1) is 17.0. The Kier molecular flexibility index (Phi) is 7.00. The number of hydrogen-bond donors (Lipinski definition) is 1. The molecule has 0 amide bonds. The number of nitrogens with two attached hydrogens (primary N) is 1. The summed E-state index contributed by atoms with van der Waals surface area (Å²) in [6.07, 6.45) is 3.77. The van der Waals surface area contributed by atoms with Crippen LogP contribution < -0.4 is 5.73 Å². The van der Waals surface area contributed by atoms with Crippen molar-refractivity contribution in [1.29, 1.82) is 0 Å². The van der Waals surface area contributed by atoms with Crippen molar-refractivity contribution >= 4 is 21.6 Å². The SMILES string of the molecule is CC[C@@H]1CN(CCc2ccc(N)cc2)[C@@H](c2cn(-c3ccc(Br)cc3)nc2-c2ccc(F)cc2)O1. The van der Waals surface area contributed by atoms with Gasteiger partial charge in [-0.3, -0.25) is 4.90 Å². The van der Waals surface area contributed by atoms with Gasteiger partial charge in [0.1, 0.15) is 12.0 Å². The van der Waals surface area contributed by atoms with Crippen LogP contribution in [-0.2, 0) is 11.2 Å². The summed E-state index contributed by atoms with van der Waals surface area (Å²) in [5, 5.41) is 4.93. The lowest BCUT2D eigenvalue weighted by Gasteiger charge is -2.23. The van der Waals surface area contributed by atoms with Crippen molar-refractivity contribution in [2.45, 2.75) is 32.1 Å². The summed E-state index contributed by atoms with van der Waals surface area (Å²) in [5.74, 6) is -0.268. The van der Waals surface area contributed by atoms with Crippen LogP contribution in [0.25, 0.3) is 16.9 Å². The van der Waals surface area contributed by atoms with E-state index in [0.717, 1.165) is 58.6 Å². The highest BCUT2D eigenvalue weighted by Gasteiger charge is 2.35. The molecule has 1 fully saturated rings. The zero-order valence-corrected chi connectivity index (χ0v) is 21.2. The Morgan fingerprint density at radius 2 is 1.74 bits per heavy atom. The largest absolute Gasteiger partial charge is 0.399 e. The average Bonchev–Trinajstić information content (AvgIpc) is 3.49. The van der Waals surface area contributed by atoms with E-state index in [0.29, 0.717) is 0 Å². The Morgan fingerprint density at radius 1 is 1.03 bits per heavy atom. The molecule has 0 bridgehead atoms. The summed E-state index contributed by atoms with van der Waals surface area (Å²) < 4.78 is 23.1. The fourth-order valence-corrected chi connectivity index (χ4v) is 4.72. The van der Waals surface area contributed by atoms with Gasteiger partial charge < -0.3 is 10.5 Å². The van der Waals surface area contributed by atoms with E-state index in [-0.39, 0.29) is 18.1 Å². The maximum atomic E-state index is 13.7. The van der Waals surface area contributed by atoms with Crippen LogP contribution in [0.5, 0.6) is 0 Å². The number of rotatable bonds is 7. The number of halogens is 2. The Bertz CT molecular complexity index is 1270. The van der Waals surface area contributed by atoms with Crippen LogP contribution in [0.2, 0.25) is 0 Å². The van der Waals surface area contributed by atoms with Crippen molar-refractivity contribution in [3.63, 3.8) is 0 Å². The first-order valence-corrected chi connectivity index (χ1v) is 12.6. The molecular formula is C28H28BrFN4O. The fourth-order valence-electron chi connectivity index (χ4n) is 4.46. The van der Waals surface area contributed by atoms with Crippen molar-refractivity contribution in [1.82, 2.24) is 14.7 Å². The van der Waals surface area contributed by atoms with E-state index in [4.69, 9.17) is 15.6 Å². The Labute approximate surface area is 213 Å². The third kappa shape index (κ3) is 5.32. The molecule has 1 aliphatic rings. The molecule has 5 nitrogen and oxygen atoms in total. The molecule has 0 unspecified atom stereocenters. The van der Waals surface area contributed by atoms with Crippen molar-refractivity contribution in [2.24, 2.45) is 0 Å². The predicted molar refractivity (Wildman–Crippen MR) is 141 cm³/mol.